The van der Waals surface area contributed by atoms with Crippen LogP contribution in [0.1, 0.15) is 0 Å². The number of nitrogens with zero attached hydrogens (tertiary/aromatic N) is 1. The molecule has 0 saturated heterocycles. The molecule has 15 heavy (non-hydrogen) atoms. The van der Waals surface area contributed by atoms with E-state index < -0.39 is 10.3 Å². The monoisotopic (exact) mass is 224 g/mol. The third-order valence-electron chi connectivity index (χ3n) is 1.85. The quantitative estimate of drug-likeness (QED) is 0.757. The molecule has 0 radical (unpaired) electrons. The average Bonchev–Trinajstić information content (AvgIpc) is 2.15. The largest absolute Gasteiger partial charge is 0.357 e. The standard InChI is InChI=1S/C9H8N2O3S/c12-15(13,14)11-8-3-4-9-7(6-8)2-1-5-10-9/h1-6,11H,(H,12,13,14). The number of nitrogens with one attached hydrogen (secondary N) is 1. The van der Waals surface area contributed by atoms with Gasteiger partial charge in [0.25, 0.3) is 0 Å². The predicted octanol–water partition coefficient (Wildman–Crippen LogP) is 1.45. The summed E-state index contributed by atoms with van der Waals surface area (Å²) in [7, 11) is -4.22. The summed E-state index contributed by atoms with van der Waals surface area (Å²) in [6, 6.07) is 8.35. The van der Waals surface area contributed by atoms with Crippen molar-refractivity contribution in [2.45, 2.75) is 0 Å². The van der Waals surface area contributed by atoms with Crippen LogP contribution in [0.2, 0.25) is 0 Å². The smallest absolute Gasteiger partial charge is 0.269 e. The molecule has 0 aliphatic carbocycles. The number of aromatic nitrogens is 1. The molecule has 0 aliphatic heterocycles. The van der Waals surface area contributed by atoms with Crippen LogP contribution in [0.25, 0.3) is 10.9 Å². The Labute approximate surface area is 86.6 Å². The highest BCUT2D eigenvalue weighted by Crippen LogP contribution is 2.17. The van der Waals surface area contributed by atoms with Crippen molar-refractivity contribution in [1.82, 2.24) is 4.98 Å². The molecule has 0 unspecified atom stereocenters. The maximum atomic E-state index is 10.6. The van der Waals surface area contributed by atoms with Gasteiger partial charge in [-0.1, -0.05) is 6.07 Å². The second-order valence-corrected chi connectivity index (χ2v) is 4.14. The van der Waals surface area contributed by atoms with Gasteiger partial charge in [0.05, 0.1) is 11.2 Å². The van der Waals surface area contributed by atoms with E-state index in [9.17, 15) is 8.42 Å². The molecule has 78 valence electrons. The maximum absolute atomic E-state index is 10.6. The minimum Gasteiger partial charge on any atom is -0.269 e. The lowest BCUT2D eigenvalue weighted by Crippen LogP contribution is -2.10. The van der Waals surface area contributed by atoms with Crippen LogP contribution in [0.15, 0.2) is 36.5 Å². The number of hydrogen-bond acceptors (Lipinski definition) is 3. The molecule has 0 atom stereocenters. The van der Waals surface area contributed by atoms with E-state index in [0.717, 1.165) is 10.9 Å². The van der Waals surface area contributed by atoms with Gasteiger partial charge in [-0.05, 0) is 24.3 Å². The van der Waals surface area contributed by atoms with Crippen LogP contribution in [-0.2, 0) is 10.3 Å². The Bertz CT molecular complexity index is 595. The van der Waals surface area contributed by atoms with Crippen LogP contribution < -0.4 is 4.72 Å². The SMILES string of the molecule is O=S(=O)(O)Nc1ccc2ncccc2c1. The summed E-state index contributed by atoms with van der Waals surface area (Å²) in [6.45, 7) is 0. The maximum Gasteiger partial charge on any atom is 0.357 e. The Kier molecular flexibility index (Phi) is 2.29. The predicted molar refractivity (Wildman–Crippen MR) is 56.9 cm³/mol. The summed E-state index contributed by atoms with van der Waals surface area (Å²) in [4.78, 5) is 4.08. The molecule has 0 aliphatic rings. The third kappa shape index (κ3) is 2.42. The Balaban J connectivity index is 2.48. The highest BCUT2D eigenvalue weighted by atomic mass is 32.2. The van der Waals surface area contributed by atoms with E-state index >= 15 is 0 Å². The molecule has 0 bridgehead atoms. The zero-order valence-electron chi connectivity index (χ0n) is 7.58. The van der Waals surface area contributed by atoms with Crippen molar-refractivity contribution in [2.24, 2.45) is 0 Å². The first-order valence-electron chi connectivity index (χ1n) is 4.15. The van der Waals surface area contributed by atoms with Gasteiger partial charge in [0, 0.05) is 11.6 Å². The highest BCUT2D eigenvalue weighted by molar-refractivity contribution is 7.87. The van der Waals surface area contributed by atoms with Crippen LogP contribution in [0, 0.1) is 0 Å². The minimum absolute atomic E-state index is 0.304. The number of pyridine rings is 1. The summed E-state index contributed by atoms with van der Waals surface area (Å²) in [5.74, 6) is 0. The van der Waals surface area contributed by atoms with Gasteiger partial charge in [-0.2, -0.15) is 8.42 Å². The Hall–Kier alpha value is -1.66. The van der Waals surface area contributed by atoms with Crippen molar-refractivity contribution in [1.29, 1.82) is 0 Å². The lowest BCUT2D eigenvalue weighted by molar-refractivity contribution is 0.490. The van der Waals surface area contributed by atoms with Gasteiger partial charge in [0.1, 0.15) is 0 Å². The molecule has 0 spiro atoms. The molecule has 0 fully saturated rings. The Morgan fingerprint density at radius 3 is 2.80 bits per heavy atom. The van der Waals surface area contributed by atoms with Gasteiger partial charge in [-0.15, -0.1) is 0 Å². The van der Waals surface area contributed by atoms with Crippen LogP contribution in [0.3, 0.4) is 0 Å². The molecule has 2 rings (SSSR count). The molecule has 1 heterocycles. The summed E-state index contributed by atoms with van der Waals surface area (Å²) in [5, 5.41) is 0.797. The number of benzene rings is 1. The van der Waals surface area contributed by atoms with Crippen molar-refractivity contribution >= 4 is 26.9 Å². The highest BCUT2D eigenvalue weighted by Gasteiger charge is 2.04. The number of rotatable bonds is 2. The van der Waals surface area contributed by atoms with Crippen LogP contribution in [0.5, 0.6) is 0 Å². The fourth-order valence-corrected chi connectivity index (χ4v) is 1.71. The fourth-order valence-electron chi connectivity index (χ4n) is 1.29. The molecule has 6 heteroatoms. The van der Waals surface area contributed by atoms with Gasteiger partial charge in [0.15, 0.2) is 0 Å². The lowest BCUT2D eigenvalue weighted by Gasteiger charge is -2.03. The first kappa shape index (κ1) is 9.88. The van der Waals surface area contributed by atoms with Gasteiger partial charge in [-0.25, -0.2) is 0 Å². The van der Waals surface area contributed by atoms with E-state index in [1.54, 1.807) is 30.5 Å². The van der Waals surface area contributed by atoms with E-state index in [0.29, 0.717) is 5.69 Å². The third-order valence-corrected chi connectivity index (χ3v) is 2.34. The van der Waals surface area contributed by atoms with Crippen molar-refractivity contribution in [3.63, 3.8) is 0 Å². The van der Waals surface area contributed by atoms with E-state index in [2.05, 4.69) is 4.98 Å². The number of anilines is 1. The van der Waals surface area contributed by atoms with Gasteiger partial charge in [0.2, 0.25) is 0 Å². The minimum atomic E-state index is -4.22. The second-order valence-electron chi connectivity index (χ2n) is 2.99. The Morgan fingerprint density at radius 1 is 1.27 bits per heavy atom. The van der Waals surface area contributed by atoms with Crippen molar-refractivity contribution in [3.8, 4) is 0 Å². The number of fused-ring (bicyclic) bond motifs is 1. The van der Waals surface area contributed by atoms with Crippen LogP contribution >= 0.6 is 0 Å². The molecular weight excluding hydrogens is 216 g/mol. The summed E-state index contributed by atoms with van der Waals surface area (Å²) in [6.07, 6.45) is 1.65. The molecule has 0 amide bonds. The van der Waals surface area contributed by atoms with Crippen molar-refractivity contribution < 1.29 is 13.0 Å². The van der Waals surface area contributed by atoms with E-state index in [-0.39, 0.29) is 0 Å². The molecule has 2 N–H and O–H groups in total. The molecular formula is C9H8N2O3S. The normalized spacial score (nSPS) is 11.5. The first-order chi connectivity index (χ1) is 7.04. The van der Waals surface area contributed by atoms with Gasteiger partial charge >= 0.3 is 10.3 Å². The fraction of sp³-hybridized carbons (Fsp3) is 0. The lowest BCUT2D eigenvalue weighted by atomic mass is 10.2. The summed E-state index contributed by atoms with van der Waals surface area (Å²) in [5.41, 5.74) is 1.07. The molecule has 1 aromatic carbocycles. The van der Waals surface area contributed by atoms with E-state index in [1.807, 2.05) is 4.72 Å². The van der Waals surface area contributed by atoms with Crippen LogP contribution in [0.4, 0.5) is 5.69 Å². The zero-order chi connectivity index (χ0) is 10.9. The topological polar surface area (TPSA) is 79.3 Å². The van der Waals surface area contributed by atoms with Gasteiger partial charge in [-0.3, -0.25) is 14.3 Å². The van der Waals surface area contributed by atoms with E-state index in [4.69, 9.17) is 4.55 Å². The molecule has 0 saturated carbocycles. The number of hydrogen-bond donors (Lipinski definition) is 2. The second kappa shape index (κ2) is 3.48. The van der Waals surface area contributed by atoms with Crippen molar-refractivity contribution in [3.05, 3.63) is 36.5 Å². The molecule has 5 nitrogen and oxygen atoms in total. The van der Waals surface area contributed by atoms with Crippen LogP contribution in [-0.4, -0.2) is 18.0 Å². The molecule has 2 aromatic rings. The van der Waals surface area contributed by atoms with E-state index in [1.165, 1.54) is 6.07 Å². The van der Waals surface area contributed by atoms with Gasteiger partial charge < -0.3 is 0 Å². The zero-order valence-corrected chi connectivity index (χ0v) is 8.40. The summed E-state index contributed by atoms with van der Waals surface area (Å²) < 4.78 is 31.7. The molecule has 1 aromatic heterocycles. The first-order valence-corrected chi connectivity index (χ1v) is 5.59. The summed E-state index contributed by atoms with van der Waals surface area (Å²) >= 11 is 0. The Morgan fingerprint density at radius 2 is 2.07 bits per heavy atom. The average molecular weight is 224 g/mol. The van der Waals surface area contributed by atoms with Crippen molar-refractivity contribution in [2.75, 3.05) is 4.72 Å².